The van der Waals surface area contributed by atoms with E-state index in [0.717, 1.165) is 0 Å². The Labute approximate surface area is 138 Å². The van der Waals surface area contributed by atoms with Crippen LogP contribution in [0.5, 0.6) is 0 Å². The summed E-state index contributed by atoms with van der Waals surface area (Å²) >= 11 is 1.31. The minimum atomic E-state index is -0.866. The highest BCUT2D eigenvalue weighted by Gasteiger charge is 2.26. The van der Waals surface area contributed by atoms with E-state index in [0.29, 0.717) is 10.7 Å². The topological polar surface area (TPSA) is 80.3 Å². The monoisotopic (exact) mass is 333 g/mol. The number of nitrogens with one attached hydrogen (secondary N) is 2. The maximum atomic E-state index is 12.5. The molecule has 0 saturated heterocycles. The molecule has 2 aromatic rings. The summed E-state index contributed by atoms with van der Waals surface area (Å²) in [4.78, 5) is 28.5. The summed E-state index contributed by atoms with van der Waals surface area (Å²) in [5.74, 6) is -0.378. The summed E-state index contributed by atoms with van der Waals surface area (Å²) in [5, 5.41) is 7.52. The molecule has 7 heteroatoms. The molecule has 0 fully saturated rings. The number of benzene rings is 1. The molecule has 122 valence electrons. The fourth-order valence-corrected chi connectivity index (χ4v) is 2.37. The van der Waals surface area contributed by atoms with Crippen molar-refractivity contribution in [2.24, 2.45) is 0 Å². The molecule has 1 aromatic carbocycles. The largest absolute Gasteiger partial charge is 0.444 e. The zero-order valence-electron chi connectivity index (χ0n) is 13.2. The molecule has 1 aromatic heterocycles. The third-order valence-electron chi connectivity index (χ3n) is 2.72. The summed E-state index contributed by atoms with van der Waals surface area (Å²) in [5.41, 5.74) is 0.0179. The van der Waals surface area contributed by atoms with Gasteiger partial charge in [0.25, 0.3) is 5.91 Å². The van der Waals surface area contributed by atoms with Gasteiger partial charge in [-0.2, -0.15) is 0 Å². The zero-order chi connectivity index (χ0) is 16.9. The van der Waals surface area contributed by atoms with E-state index in [2.05, 4.69) is 15.6 Å². The van der Waals surface area contributed by atoms with Gasteiger partial charge in [-0.1, -0.05) is 30.3 Å². The fraction of sp³-hybridized carbons (Fsp3) is 0.312. The molecular weight excluding hydrogens is 314 g/mol. The van der Waals surface area contributed by atoms with Gasteiger partial charge < -0.3 is 10.1 Å². The molecule has 0 bridgehead atoms. The Kier molecular flexibility index (Phi) is 5.33. The lowest BCUT2D eigenvalue weighted by atomic mass is 10.1. The lowest BCUT2D eigenvalue weighted by Gasteiger charge is -2.23. The van der Waals surface area contributed by atoms with Crippen LogP contribution in [0.25, 0.3) is 0 Å². The van der Waals surface area contributed by atoms with E-state index in [1.807, 2.05) is 6.07 Å². The second-order valence-electron chi connectivity index (χ2n) is 5.82. The number of anilines is 1. The van der Waals surface area contributed by atoms with Crippen LogP contribution >= 0.6 is 11.3 Å². The first-order chi connectivity index (χ1) is 10.8. The van der Waals surface area contributed by atoms with Crippen molar-refractivity contribution in [1.29, 1.82) is 0 Å². The molecular formula is C16H19N3O3S. The summed E-state index contributed by atoms with van der Waals surface area (Å²) < 4.78 is 5.23. The number of carbonyl (C=O) groups is 2. The molecule has 0 aliphatic carbocycles. The van der Waals surface area contributed by atoms with E-state index in [1.165, 1.54) is 11.3 Å². The minimum Gasteiger partial charge on any atom is -0.444 e. The lowest BCUT2D eigenvalue weighted by molar-refractivity contribution is -0.118. The first-order valence-corrected chi connectivity index (χ1v) is 7.98. The van der Waals surface area contributed by atoms with Gasteiger partial charge in [-0.15, -0.1) is 11.3 Å². The molecule has 0 aliphatic rings. The van der Waals surface area contributed by atoms with Gasteiger partial charge >= 0.3 is 6.09 Å². The summed E-state index contributed by atoms with van der Waals surface area (Å²) in [6, 6.07) is 8.11. The predicted molar refractivity (Wildman–Crippen MR) is 89.3 cm³/mol. The second-order valence-corrected chi connectivity index (χ2v) is 6.71. The summed E-state index contributed by atoms with van der Waals surface area (Å²) in [6.07, 6.45) is 0.944. The van der Waals surface area contributed by atoms with Gasteiger partial charge in [-0.05, 0) is 26.3 Å². The number of alkyl carbamates (subject to hydrolysis) is 1. The molecule has 0 saturated carbocycles. The van der Waals surface area contributed by atoms with Crippen molar-refractivity contribution in [3.05, 3.63) is 47.5 Å². The Morgan fingerprint density at radius 2 is 1.91 bits per heavy atom. The van der Waals surface area contributed by atoms with Crippen LogP contribution in [0.1, 0.15) is 32.4 Å². The molecule has 23 heavy (non-hydrogen) atoms. The predicted octanol–water partition coefficient (Wildman–Crippen LogP) is 3.35. The van der Waals surface area contributed by atoms with Crippen LogP contribution < -0.4 is 10.6 Å². The van der Waals surface area contributed by atoms with E-state index in [1.54, 1.807) is 56.6 Å². The number of thiazole rings is 1. The zero-order valence-corrected chi connectivity index (χ0v) is 14.0. The fourth-order valence-electron chi connectivity index (χ4n) is 1.83. The maximum Gasteiger partial charge on any atom is 0.408 e. The van der Waals surface area contributed by atoms with Crippen molar-refractivity contribution in [2.75, 3.05) is 5.32 Å². The van der Waals surface area contributed by atoms with Gasteiger partial charge in [0.15, 0.2) is 5.13 Å². The van der Waals surface area contributed by atoms with Gasteiger partial charge in [-0.25, -0.2) is 9.78 Å². The quantitative estimate of drug-likeness (QED) is 0.899. The third-order valence-corrected chi connectivity index (χ3v) is 3.41. The number of rotatable bonds is 4. The van der Waals surface area contributed by atoms with Crippen molar-refractivity contribution in [1.82, 2.24) is 10.3 Å². The molecule has 0 aliphatic heterocycles. The van der Waals surface area contributed by atoms with E-state index in [-0.39, 0.29) is 5.91 Å². The second kappa shape index (κ2) is 7.23. The van der Waals surface area contributed by atoms with Crippen LogP contribution in [0, 0.1) is 0 Å². The first-order valence-electron chi connectivity index (χ1n) is 7.10. The molecule has 6 nitrogen and oxygen atoms in total. The smallest absolute Gasteiger partial charge is 0.408 e. The summed E-state index contributed by atoms with van der Waals surface area (Å²) in [6.45, 7) is 5.29. The van der Waals surface area contributed by atoms with Gasteiger partial charge in [-0.3, -0.25) is 10.1 Å². The van der Waals surface area contributed by atoms with Crippen molar-refractivity contribution >= 4 is 28.5 Å². The third kappa shape index (κ3) is 5.37. The number of hydrogen-bond donors (Lipinski definition) is 2. The van der Waals surface area contributed by atoms with Crippen LogP contribution in [0.2, 0.25) is 0 Å². The van der Waals surface area contributed by atoms with Crippen LogP contribution in [0.4, 0.5) is 9.93 Å². The lowest BCUT2D eigenvalue weighted by Crippen LogP contribution is -2.40. The Morgan fingerprint density at radius 3 is 2.48 bits per heavy atom. The number of ether oxygens (including phenoxy) is 1. The molecule has 2 rings (SSSR count). The van der Waals surface area contributed by atoms with Gasteiger partial charge in [0, 0.05) is 11.6 Å². The van der Waals surface area contributed by atoms with Crippen LogP contribution in [0.15, 0.2) is 41.9 Å². The van der Waals surface area contributed by atoms with Gasteiger partial charge in [0.1, 0.15) is 11.6 Å². The highest BCUT2D eigenvalue weighted by Crippen LogP contribution is 2.18. The summed E-state index contributed by atoms with van der Waals surface area (Å²) in [7, 11) is 0. The van der Waals surface area contributed by atoms with Crippen LogP contribution in [0.3, 0.4) is 0 Å². The number of nitrogens with zero attached hydrogens (tertiary/aromatic N) is 1. The molecule has 2 amide bonds. The molecule has 1 heterocycles. The number of amides is 2. The average molecular weight is 333 g/mol. The Bertz CT molecular complexity index is 651. The number of carbonyl (C=O) groups excluding carboxylic acids is 2. The molecule has 0 radical (unpaired) electrons. The van der Waals surface area contributed by atoms with Crippen molar-refractivity contribution in [3.63, 3.8) is 0 Å². The minimum absolute atomic E-state index is 0.378. The highest BCUT2D eigenvalue weighted by molar-refractivity contribution is 7.13. The Morgan fingerprint density at radius 1 is 1.22 bits per heavy atom. The standard InChI is InChI=1S/C16H19N3O3S/c1-16(2,3)22-15(21)18-12(11-7-5-4-6-8-11)13(20)19-14-17-9-10-23-14/h4-10,12H,1-3H3,(H,18,21)(H,17,19,20)/t12-/m0/s1. The Hall–Kier alpha value is -2.41. The van der Waals surface area contributed by atoms with Crippen molar-refractivity contribution in [2.45, 2.75) is 32.4 Å². The van der Waals surface area contributed by atoms with E-state index in [4.69, 9.17) is 4.74 Å². The van der Waals surface area contributed by atoms with E-state index < -0.39 is 17.7 Å². The van der Waals surface area contributed by atoms with Crippen molar-refractivity contribution in [3.8, 4) is 0 Å². The van der Waals surface area contributed by atoms with E-state index >= 15 is 0 Å². The van der Waals surface area contributed by atoms with Gasteiger partial charge in [0.2, 0.25) is 0 Å². The van der Waals surface area contributed by atoms with Crippen LogP contribution in [-0.2, 0) is 9.53 Å². The SMILES string of the molecule is CC(C)(C)OC(=O)N[C@H](C(=O)Nc1nccs1)c1ccccc1. The number of hydrogen-bond acceptors (Lipinski definition) is 5. The van der Waals surface area contributed by atoms with Gasteiger partial charge in [0.05, 0.1) is 0 Å². The first kappa shape index (κ1) is 17.0. The molecule has 0 unspecified atom stereocenters. The van der Waals surface area contributed by atoms with E-state index in [9.17, 15) is 9.59 Å². The van der Waals surface area contributed by atoms with Crippen LogP contribution in [-0.4, -0.2) is 22.6 Å². The normalized spacial score (nSPS) is 12.3. The average Bonchev–Trinajstić information content (AvgIpc) is 2.96. The van der Waals surface area contributed by atoms with Crippen molar-refractivity contribution < 1.29 is 14.3 Å². The molecule has 1 atom stereocenters. The number of aromatic nitrogens is 1. The highest BCUT2D eigenvalue weighted by atomic mass is 32.1. The molecule has 0 spiro atoms. The maximum absolute atomic E-state index is 12.5. The molecule has 2 N–H and O–H groups in total. The Balaban J connectivity index is 2.15.